The zero-order chi connectivity index (χ0) is 18.8. The van der Waals surface area contributed by atoms with Crippen LogP contribution in [0.15, 0.2) is 23.8 Å². The molecule has 6 heteroatoms. The molecule has 1 aliphatic heterocycles. The van der Waals surface area contributed by atoms with Crippen molar-refractivity contribution < 1.29 is 23.8 Å². The quantitative estimate of drug-likeness (QED) is 0.464. The molecule has 0 saturated carbocycles. The number of ether oxygens (including phenoxy) is 3. The largest absolute Gasteiger partial charge is 0.491 e. The van der Waals surface area contributed by atoms with Gasteiger partial charge in [0.25, 0.3) is 5.79 Å². The van der Waals surface area contributed by atoms with Crippen LogP contribution in [0.25, 0.3) is 6.08 Å². The summed E-state index contributed by atoms with van der Waals surface area (Å²) in [6.45, 7) is 7.64. The summed E-state index contributed by atoms with van der Waals surface area (Å²) in [5, 5.41) is 0. The standard InChI is InChI=1S/C19H25NO5/c1-12(2)23-16-8-7-13(9-14(16)11-20(5)6)10-15-17(21)24-19(3,4)25-18(15)22/h7-10,12H,11H2,1-6H3. The molecule has 0 bridgehead atoms. The van der Waals surface area contributed by atoms with E-state index >= 15 is 0 Å². The van der Waals surface area contributed by atoms with Gasteiger partial charge in [-0.05, 0) is 51.7 Å². The van der Waals surface area contributed by atoms with Gasteiger partial charge in [-0.3, -0.25) is 0 Å². The lowest BCUT2D eigenvalue weighted by atomic mass is 10.1. The first-order chi connectivity index (χ1) is 11.6. The summed E-state index contributed by atoms with van der Waals surface area (Å²) in [6.07, 6.45) is 1.54. The van der Waals surface area contributed by atoms with Crippen LogP contribution in [-0.4, -0.2) is 42.8 Å². The number of carbonyl (C=O) groups is 2. The minimum Gasteiger partial charge on any atom is -0.491 e. The molecule has 1 aromatic rings. The van der Waals surface area contributed by atoms with Gasteiger partial charge >= 0.3 is 11.9 Å². The van der Waals surface area contributed by atoms with Gasteiger partial charge in [0.05, 0.1) is 6.10 Å². The Labute approximate surface area is 148 Å². The highest BCUT2D eigenvalue weighted by Gasteiger charge is 2.38. The number of esters is 2. The fourth-order valence-corrected chi connectivity index (χ4v) is 2.47. The van der Waals surface area contributed by atoms with E-state index in [0.717, 1.165) is 11.3 Å². The number of rotatable bonds is 5. The Morgan fingerprint density at radius 1 is 1.16 bits per heavy atom. The zero-order valence-corrected chi connectivity index (χ0v) is 15.6. The van der Waals surface area contributed by atoms with E-state index in [0.29, 0.717) is 12.1 Å². The molecule has 6 nitrogen and oxygen atoms in total. The second-order valence-corrected chi connectivity index (χ2v) is 7.01. The molecule has 0 amide bonds. The van der Waals surface area contributed by atoms with Crippen molar-refractivity contribution in [3.05, 3.63) is 34.9 Å². The van der Waals surface area contributed by atoms with Gasteiger partial charge < -0.3 is 19.1 Å². The SMILES string of the molecule is CC(C)Oc1ccc(C=C2C(=O)OC(C)(C)OC2=O)cc1CN(C)C. The summed E-state index contributed by atoms with van der Waals surface area (Å²) in [5.74, 6) is -1.83. The van der Waals surface area contributed by atoms with E-state index < -0.39 is 17.7 Å². The molecular formula is C19H25NO5. The Morgan fingerprint density at radius 2 is 1.76 bits per heavy atom. The smallest absolute Gasteiger partial charge is 0.348 e. The van der Waals surface area contributed by atoms with Gasteiger partial charge in [0, 0.05) is 26.0 Å². The lowest BCUT2D eigenvalue weighted by Crippen LogP contribution is -2.41. The molecule has 1 fully saturated rings. The van der Waals surface area contributed by atoms with Gasteiger partial charge in [0.2, 0.25) is 0 Å². The van der Waals surface area contributed by atoms with Gasteiger partial charge in [0.15, 0.2) is 0 Å². The maximum atomic E-state index is 12.1. The van der Waals surface area contributed by atoms with Crippen LogP contribution in [0.4, 0.5) is 0 Å². The Balaban J connectivity index is 2.36. The highest BCUT2D eigenvalue weighted by molar-refractivity contribution is 6.18. The van der Waals surface area contributed by atoms with E-state index in [1.807, 2.05) is 45.0 Å². The molecule has 2 rings (SSSR count). The first-order valence-corrected chi connectivity index (χ1v) is 8.20. The highest BCUT2D eigenvalue weighted by atomic mass is 16.7. The fourth-order valence-electron chi connectivity index (χ4n) is 2.47. The molecule has 0 N–H and O–H groups in total. The second kappa shape index (κ2) is 7.27. The number of nitrogens with zero attached hydrogens (tertiary/aromatic N) is 1. The minimum atomic E-state index is -1.24. The van der Waals surface area contributed by atoms with E-state index in [-0.39, 0.29) is 11.7 Å². The van der Waals surface area contributed by atoms with Crippen molar-refractivity contribution in [2.24, 2.45) is 0 Å². The average molecular weight is 347 g/mol. The third kappa shape index (κ3) is 5.06. The maximum absolute atomic E-state index is 12.1. The molecule has 1 aromatic carbocycles. The van der Waals surface area contributed by atoms with E-state index in [1.54, 1.807) is 6.07 Å². The van der Waals surface area contributed by atoms with E-state index in [9.17, 15) is 9.59 Å². The number of benzene rings is 1. The van der Waals surface area contributed by atoms with Crippen molar-refractivity contribution in [1.29, 1.82) is 0 Å². The monoisotopic (exact) mass is 347 g/mol. The minimum absolute atomic E-state index is 0.0515. The second-order valence-electron chi connectivity index (χ2n) is 7.01. The molecule has 1 saturated heterocycles. The van der Waals surface area contributed by atoms with Crippen molar-refractivity contribution in [3.8, 4) is 5.75 Å². The van der Waals surface area contributed by atoms with Gasteiger partial charge in [-0.2, -0.15) is 0 Å². The number of hydrogen-bond donors (Lipinski definition) is 0. The predicted octanol–water partition coefficient (Wildman–Crippen LogP) is 2.75. The van der Waals surface area contributed by atoms with Crippen molar-refractivity contribution in [3.63, 3.8) is 0 Å². The van der Waals surface area contributed by atoms with Crippen molar-refractivity contribution in [2.75, 3.05) is 14.1 Å². The Bertz CT molecular complexity index is 682. The molecule has 1 heterocycles. The third-order valence-corrected chi connectivity index (χ3v) is 3.36. The normalized spacial score (nSPS) is 16.7. The fraction of sp³-hybridized carbons (Fsp3) is 0.474. The molecule has 0 radical (unpaired) electrons. The molecule has 0 spiro atoms. The van der Waals surface area contributed by atoms with E-state index in [2.05, 4.69) is 0 Å². The molecule has 1 aliphatic rings. The molecule has 0 unspecified atom stereocenters. The molecule has 25 heavy (non-hydrogen) atoms. The molecular weight excluding hydrogens is 322 g/mol. The molecule has 0 aliphatic carbocycles. The van der Waals surface area contributed by atoms with Crippen LogP contribution in [0, 0.1) is 0 Å². The topological polar surface area (TPSA) is 65.1 Å². The first kappa shape index (κ1) is 19.0. The van der Waals surface area contributed by atoms with Crippen LogP contribution in [-0.2, 0) is 25.6 Å². The Hall–Kier alpha value is -2.34. The Morgan fingerprint density at radius 3 is 2.28 bits per heavy atom. The third-order valence-electron chi connectivity index (χ3n) is 3.36. The lowest BCUT2D eigenvalue weighted by Gasteiger charge is -2.29. The zero-order valence-electron chi connectivity index (χ0n) is 15.6. The number of carbonyl (C=O) groups excluding carboxylic acids is 2. The lowest BCUT2D eigenvalue weighted by molar-refractivity contribution is -0.222. The van der Waals surface area contributed by atoms with Crippen LogP contribution >= 0.6 is 0 Å². The average Bonchev–Trinajstić information content (AvgIpc) is 2.43. The summed E-state index contributed by atoms with van der Waals surface area (Å²) in [7, 11) is 3.92. The summed E-state index contributed by atoms with van der Waals surface area (Å²) in [5.41, 5.74) is 1.55. The predicted molar refractivity (Wildman–Crippen MR) is 93.8 cm³/mol. The summed E-state index contributed by atoms with van der Waals surface area (Å²) < 4.78 is 16.1. The van der Waals surface area contributed by atoms with Crippen LogP contribution in [0.1, 0.15) is 38.8 Å². The Kier molecular flexibility index (Phi) is 5.52. The van der Waals surface area contributed by atoms with Gasteiger partial charge in [-0.25, -0.2) is 9.59 Å². The van der Waals surface area contributed by atoms with Crippen LogP contribution < -0.4 is 4.74 Å². The number of cyclic esters (lactones) is 2. The van der Waals surface area contributed by atoms with Crippen molar-refractivity contribution in [1.82, 2.24) is 4.90 Å². The van der Waals surface area contributed by atoms with Crippen molar-refractivity contribution >= 4 is 18.0 Å². The highest BCUT2D eigenvalue weighted by Crippen LogP contribution is 2.27. The van der Waals surface area contributed by atoms with Crippen LogP contribution in [0.5, 0.6) is 5.75 Å². The van der Waals surface area contributed by atoms with Crippen LogP contribution in [0.3, 0.4) is 0 Å². The van der Waals surface area contributed by atoms with Crippen LogP contribution in [0.2, 0.25) is 0 Å². The summed E-state index contributed by atoms with van der Waals surface area (Å²) in [6, 6.07) is 5.53. The van der Waals surface area contributed by atoms with E-state index in [1.165, 1.54) is 19.9 Å². The van der Waals surface area contributed by atoms with Gasteiger partial charge in [-0.1, -0.05) is 6.07 Å². The summed E-state index contributed by atoms with van der Waals surface area (Å²) >= 11 is 0. The molecule has 0 aromatic heterocycles. The van der Waals surface area contributed by atoms with Gasteiger partial charge in [-0.15, -0.1) is 0 Å². The maximum Gasteiger partial charge on any atom is 0.348 e. The number of hydrogen-bond acceptors (Lipinski definition) is 6. The van der Waals surface area contributed by atoms with Crippen molar-refractivity contribution in [2.45, 2.75) is 46.1 Å². The first-order valence-electron chi connectivity index (χ1n) is 8.20. The molecule has 0 atom stereocenters. The van der Waals surface area contributed by atoms with E-state index in [4.69, 9.17) is 14.2 Å². The van der Waals surface area contributed by atoms with Gasteiger partial charge in [0.1, 0.15) is 11.3 Å². The molecule has 136 valence electrons. The summed E-state index contributed by atoms with van der Waals surface area (Å²) in [4.78, 5) is 26.2.